The molecule has 0 atom stereocenters. The molecule has 2 heterocycles. The minimum absolute atomic E-state index is 0.725. The van der Waals surface area contributed by atoms with Crippen molar-refractivity contribution in [3.05, 3.63) is 65.6 Å². The van der Waals surface area contributed by atoms with Crippen LogP contribution in [0.3, 0.4) is 0 Å². The van der Waals surface area contributed by atoms with E-state index >= 15 is 0 Å². The highest BCUT2D eigenvalue weighted by Crippen LogP contribution is 2.21. The number of aromatic amines is 1. The van der Waals surface area contributed by atoms with E-state index < -0.39 is 0 Å². The Bertz CT molecular complexity index is 732. The Morgan fingerprint density at radius 2 is 2.00 bits per heavy atom. The molecule has 0 aliphatic heterocycles. The fourth-order valence-electron chi connectivity index (χ4n) is 2.25. The van der Waals surface area contributed by atoms with Crippen LogP contribution in [-0.2, 0) is 6.54 Å². The molecule has 3 aromatic rings. The Hall–Kier alpha value is -2.62. The van der Waals surface area contributed by atoms with E-state index in [2.05, 4.69) is 52.5 Å². The maximum Gasteiger partial charge on any atom is 0.0715 e. The van der Waals surface area contributed by atoms with Gasteiger partial charge in [-0.25, -0.2) is 0 Å². The van der Waals surface area contributed by atoms with Crippen LogP contribution in [0.15, 0.2) is 48.9 Å². The first-order chi connectivity index (χ1) is 10.2. The molecule has 0 aliphatic carbocycles. The molecule has 0 saturated heterocycles. The van der Waals surface area contributed by atoms with Crippen molar-refractivity contribution in [2.75, 3.05) is 5.32 Å². The minimum Gasteiger partial charge on any atom is -0.381 e. The summed E-state index contributed by atoms with van der Waals surface area (Å²) >= 11 is 0. The molecular formula is C17H18N4. The van der Waals surface area contributed by atoms with Gasteiger partial charge in [0.05, 0.1) is 11.9 Å². The third-order valence-corrected chi connectivity index (χ3v) is 3.66. The lowest BCUT2D eigenvalue weighted by Gasteiger charge is -2.09. The summed E-state index contributed by atoms with van der Waals surface area (Å²) in [6.45, 7) is 4.97. The number of H-pyrrole nitrogens is 1. The number of nitrogens with zero attached hydrogens (tertiary/aromatic N) is 2. The molecule has 2 N–H and O–H groups in total. The summed E-state index contributed by atoms with van der Waals surface area (Å²) in [5, 5.41) is 10.6. The molecule has 0 amide bonds. The smallest absolute Gasteiger partial charge is 0.0715 e. The van der Waals surface area contributed by atoms with Gasteiger partial charge in [0.1, 0.15) is 0 Å². The van der Waals surface area contributed by atoms with Gasteiger partial charge in [0.15, 0.2) is 0 Å². The molecule has 0 aliphatic rings. The van der Waals surface area contributed by atoms with Crippen molar-refractivity contribution in [1.29, 1.82) is 0 Å². The molecule has 4 nitrogen and oxygen atoms in total. The zero-order chi connectivity index (χ0) is 14.7. The van der Waals surface area contributed by atoms with Crippen LogP contribution in [-0.4, -0.2) is 15.2 Å². The Morgan fingerprint density at radius 3 is 2.76 bits per heavy atom. The zero-order valence-corrected chi connectivity index (χ0v) is 12.2. The molecule has 3 rings (SSSR count). The van der Waals surface area contributed by atoms with Gasteiger partial charge in [-0.1, -0.05) is 6.07 Å². The fraction of sp³-hybridized carbons (Fsp3) is 0.176. The molecule has 4 heteroatoms. The third-order valence-electron chi connectivity index (χ3n) is 3.66. The van der Waals surface area contributed by atoms with Crippen molar-refractivity contribution in [2.24, 2.45) is 0 Å². The quantitative estimate of drug-likeness (QED) is 0.765. The predicted molar refractivity (Wildman–Crippen MR) is 85.1 cm³/mol. The van der Waals surface area contributed by atoms with E-state index in [1.54, 1.807) is 6.20 Å². The number of aromatic nitrogens is 3. The Kier molecular flexibility index (Phi) is 3.69. The molecule has 1 aromatic carbocycles. The van der Waals surface area contributed by atoms with Crippen molar-refractivity contribution in [3.8, 4) is 11.3 Å². The average Bonchev–Trinajstić information content (AvgIpc) is 2.98. The van der Waals surface area contributed by atoms with Crippen LogP contribution >= 0.6 is 0 Å². The number of rotatable bonds is 4. The molecule has 0 spiro atoms. The summed E-state index contributed by atoms with van der Waals surface area (Å²) in [4.78, 5) is 4.15. The van der Waals surface area contributed by atoms with Gasteiger partial charge in [-0.05, 0) is 49.2 Å². The second kappa shape index (κ2) is 5.79. The van der Waals surface area contributed by atoms with Gasteiger partial charge in [0.25, 0.3) is 0 Å². The Labute approximate surface area is 124 Å². The van der Waals surface area contributed by atoms with Gasteiger partial charge < -0.3 is 5.32 Å². The van der Waals surface area contributed by atoms with E-state index in [4.69, 9.17) is 0 Å². The van der Waals surface area contributed by atoms with E-state index in [9.17, 15) is 0 Å². The molecule has 0 radical (unpaired) electrons. The van der Waals surface area contributed by atoms with E-state index in [1.807, 2.05) is 24.5 Å². The summed E-state index contributed by atoms with van der Waals surface area (Å²) in [6.07, 6.45) is 5.47. The number of aryl methyl sites for hydroxylation is 2. The summed E-state index contributed by atoms with van der Waals surface area (Å²) in [6, 6.07) is 10.4. The molecule has 0 unspecified atom stereocenters. The number of nitrogens with one attached hydrogen (secondary N) is 2. The molecule has 0 bridgehead atoms. The maximum atomic E-state index is 4.15. The van der Waals surface area contributed by atoms with Crippen LogP contribution in [0.1, 0.15) is 16.7 Å². The van der Waals surface area contributed by atoms with Crippen molar-refractivity contribution in [3.63, 3.8) is 0 Å². The first kappa shape index (κ1) is 13.4. The van der Waals surface area contributed by atoms with Crippen molar-refractivity contribution in [1.82, 2.24) is 15.2 Å². The maximum absolute atomic E-state index is 4.15. The highest BCUT2D eigenvalue weighted by Gasteiger charge is 2.07. The minimum atomic E-state index is 0.725. The molecule has 2 aromatic heterocycles. The lowest BCUT2D eigenvalue weighted by molar-refractivity contribution is 1.09. The second-order valence-electron chi connectivity index (χ2n) is 5.16. The molecule has 21 heavy (non-hydrogen) atoms. The van der Waals surface area contributed by atoms with E-state index in [-0.39, 0.29) is 0 Å². The lowest BCUT2D eigenvalue weighted by Crippen LogP contribution is -2.00. The van der Waals surface area contributed by atoms with Crippen molar-refractivity contribution < 1.29 is 0 Å². The van der Waals surface area contributed by atoms with E-state index in [0.29, 0.717) is 0 Å². The monoisotopic (exact) mass is 278 g/mol. The highest BCUT2D eigenvalue weighted by molar-refractivity contribution is 5.62. The van der Waals surface area contributed by atoms with Gasteiger partial charge in [-0.3, -0.25) is 10.1 Å². The Morgan fingerprint density at radius 1 is 1.10 bits per heavy atom. The second-order valence-corrected chi connectivity index (χ2v) is 5.16. The summed E-state index contributed by atoms with van der Waals surface area (Å²) in [5.41, 5.74) is 6.91. The largest absolute Gasteiger partial charge is 0.381 e. The van der Waals surface area contributed by atoms with Gasteiger partial charge in [-0.15, -0.1) is 0 Å². The fourth-order valence-corrected chi connectivity index (χ4v) is 2.25. The van der Waals surface area contributed by atoms with Crippen LogP contribution in [0.2, 0.25) is 0 Å². The standard InChI is InChI=1S/C17H18N4/c1-12-5-6-16(8-13(12)2)19-10-15-11-20-21-17(15)14-4-3-7-18-9-14/h3-9,11,19H,10H2,1-2H3,(H,20,21). The molecule has 0 fully saturated rings. The molecule has 0 saturated carbocycles. The highest BCUT2D eigenvalue weighted by atomic mass is 15.1. The van der Waals surface area contributed by atoms with Crippen LogP contribution in [0.4, 0.5) is 5.69 Å². The zero-order valence-electron chi connectivity index (χ0n) is 12.2. The number of anilines is 1. The number of benzene rings is 1. The first-order valence-corrected chi connectivity index (χ1v) is 6.98. The number of hydrogen-bond acceptors (Lipinski definition) is 3. The Balaban J connectivity index is 1.77. The average molecular weight is 278 g/mol. The van der Waals surface area contributed by atoms with Gasteiger partial charge >= 0.3 is 0 Å². The van der Waals surface area contributed by atoms with Crippen LogP contribution in [0, 0.1) is 13.8 Å². The first-order valence-electron chi connectivity index (χ1n) is 6.98. The van der Waals surface area contributed by atoms with Crippen LogP contribution in [0.25, 0.3) is 11.3 Å². The topological polar surface area (TPSA) is 53.6 Å². The normalized spacial score (nSPS) is 10.6. The van der Waals surface area contributed by atoms with Gasteiger partial charge in [0.2, 0.25) is 0 Å². The summed E-state index contributed by atoms with van der Waals surface area (Å²) < 4.78 is 0. The molecule has 106 valence electrons. The third kappa shape index (κ3) is 2.94. The summed E-state index contributed by atoms with van der Waals surface area (Å²) in [5.74, 6) is 0. The van der Waals surface area contributed by atoms with E-state index in [0.717, 1.165) is 29.1 Å². The van der Waals surface area contributed by atoms with E-state index in [1.165, 1.54) is 11.1 Å². The summed E-state index contributed by atoms with van der Waals surface area (Å²) in [7, 11) is 0. The van der Waals surface area contributed by atoms with Crippen LogP contribution < -0.4 is 5.32 Å². The number of hydrogen-bond donors (Lipinski definition) is 2. The van der Waals surface area contributed by atoms with Crippen LogP contribution in [0.5, 0.6) is 0 Å². The van der Waals surface area contributed by atoms with Crippen molar-refractivity contribution >= 4 is 5.69 Å². The predicted octanol–water partition coefficient (Wildman–Crippen LogP) is 3.70. The SMILES string of the molecule is Cc1ccc(NCc2cn[nH]c2-c2cccnc2)cc1C. The molecular weight excluding hydrogens is 260 g/mol. The van der Waals surface area contributed by atoms with Gasteiger partial charge in [-0.2, -0.15) is 5.10 Å². The lowest BCUT2D eigenvalue weighted by atomic mass is 10.1. The van der Waals surface area contributed by atoms with Gasteiger partial charge in [0, 0.05) is 35.8 Å². The van der Waals surface area contributed by atoms with Crippen molar-refractivity contribution in [2.45, 2.75) is 20.4 Å². The number of pyridine rings is 1.